The molecule has 5 nitrogen and oxygen atoms in total. The molecule has 0 unspecified atom stereocenters. The molecule has 0 N–H and O–H groups in total. The van der Waals surface area contributed by atoms with Crippen molar-refractivity contribution in [2.24, 2.45) is 0 Å². The summed E-state index contributed by atoms with van der Waals surface area (Å²) in [6, 6.07) is 11.5. The summed E-state index contributed by atoms with van der Waals surface area (Å²) < 4.78 is 11.9. The van der Waals surface area contributed by atoms with Crippen molar-refractivity contribution in [3.8, 4) is 11.5 Å². The summed E-state index contributed by atoms with van der Waals surface area (Å²) in [4.78, 5) is 26.8. The zero-order chi connectivity index (χ0) is 20.3. The molecule has 1 heterocycles. The highest BCUT2D eigenvalue weighted by molar-refractivity contribution is 14.1. The fourth-order valence-electron chi connectivity index (χ4n) is 2.89. The molecule has 146 valence electrons. The van der Waals surface area contributed by atoms with E-state index in [0.717, 1.165) is 32.0 Å². The molecule has 1 aliphatic heterocycles. The van der Waals surface area contributed by atoms with E-state index in [1.165, 1.54) is 4.90 Å². The van der Waals surface area contributed by atoms with E-state index in [9.17, 15) is 9.59 Å². The van der Waals surface area contributed by atoms with Crippen LogP contribution in [0.3, 0.4) is 0 Å². The molecule has 0 radical (unpaired) electrons. The highest BCUT2D eigenvalue weighted by Gasteiger charge is 2.35. The quantitative estimate of drug-likeness (QED) is 0.394. The number of methoxy groups -OCH3 is 1. The Morgan fingerprint density at radius 1 is 1.21 bits per heavy atom. The fourth-order valence-corrected chi connectivity index (χ4v) is 4.51. The molecule has 0 aromatic heterocycles. The minimum Gasteiger partial charge on any atom is -0.493 e. The molecule has 0 aliphatic carbocycles. The van der Waals surface area contributed by atoms with E-state index >= 15 is 0 Å². The summed E-state index contributed by atoms with van der Waals surface area (Å²) in [5, 5.41) is -0.259. The van der Waals surface area contributed by atoms with Crippen LogP contribution in [-0.2, 0) is 11.3 Å². The van der Waals surface area contributed by atoms with Gasteiger partial charge in [-0.25, -0.2) is 0 Å². The van der Waals surface area contributed by atoms with Crippen LogP contribution < -0.4 is 9.47 Å². The van der Waals surface area contributed by atoms with Gasteiger partial charge in [0.05, 0.1) is 28.7 Å². The maximum atomic E-state index is 12.8. The predicted octanol–water partition coefficient (Wildman–Crippen LogP) is 5.24. The Hall–Kier alpha value is -2.00. The lowest BCUT2D eigenvalue weighted by molar-refractivity contribution is -0.123. The van der Waals surface area contributed by atoms with Crippen LogP contribution in [0.1, 0.15) is 23.6 Å². The molecule has 2 amide bonds. The molecule has 0 bridgehead atoms. The number of thioether (sulfide) groups is 1. The molecule has 2 aromatic rings. The van der Waals surface area contributed by atoms with Crippen molar-refractivity contribution in [3.63, 3.8) is 0 Å². The largest absolute Gasteiger partial charge is 0.493 e. The molecule has 2 aromatic carbocycles. The van der Waals surface area contributed by atoms with Gasteiger partial charge in [-0.3, -0.25) is 14.5 Å². The van der Waals surface area contributed by atoms with Crippen LogP contribution in [0.2, 0.25) is 0 Å². The van der Waals surface area contributed by atoms with Gasteiger partial charge in [0.1, 0.15) is 0 Å². The van der Waals surface area contributed by atoms with Crippen LogP contribution >= 0.6 is 34.4 Å². The zero-order valence-corrected chi connectivity index (χ0v) is 18.8. The second-order valence-electron chi connectivity index (χ2n) is 6.22. The summed E-state index contributed by atoms with van der Waals surface area (Å²) >= 11 is 3.13. The van der Waals surface area contributed by atoms with Crippen LogP contribution in [0, 0.1) is 10.5 Å². The van der Waals surface area contributed by atoms with Crippen molar-refractivity contribution in [2.45, 2.75) is 20.4 Å². The van der Waals surface area contributed by atoms with Gasteiger partial charge < -0.3 is 9.47 Å². The van der Waals surface area contributed by atoms with Crippen LogP contribution in [0.5, 0.6) is 11.5 Å². The Kier molecular flexibility index (Phi) is 6.66. The molecule has 0 spiro atoms. The molecular weight excluding hydrogens is 489 g/mol. The first kappa shape index (κ1) is 20.7. The summed E-state index contributed by atoms with van der Waals surface area (Å²) in [6.07, 6.45) is 1.72. The summed E-state index contributed by atoms with van der Waals surface area (Å²) in [7, 11) is 1.58. The van der Waals surface area contributed by atoms with Gasteiger partial charge in [0.25, 0.3) is 11.1 Å². The molecule has 1 fully saturated rings. The SMILES string of the molecule is CCOc1c(I)cc(/C=C2/SC(=O)N(Cc3cccc(C)c3)C2=O)cc1OC. The lowest BCUT2D eigenvalue weighted by Gasteiger charge is -2.13. The summed E-state index contributed by atoms with van der Waals surface area (Å²) in [5.41, 5.74) is 2.81. The molecule has 1 aliphatic rings. The Morgan fingerprint density at radius 3 is 2.68 bits per heavy atom. The van der Waals surface area contributed by atoms with Gasteiger partial charge in [-0.1, -0.05) is 29.8 Å². The van der Waals surface area contributed by atoms with Crippen LogP contribution in [0.15, 0.2) is 41.3 Å². The summed E-state index contributed by atoms with van der Waals surface area (Å²) in [5.74, 6) is 0.994. The van der Waals surface area contributed by atoms with Crippen LogP contribution in [0.4, 0.5) is 4.79 Å². The number of rotatable bonds is 6. The van der Waals surface area contributed by atoms with Crippen molar-refractivity contribution in [2.75, 3.05) is 13.7 Å². The third-order valence-corrected chi connectivity index (χ3v) is 5.84. The topological polar surface area (TPSA) is 55.8 Å². The monoisotopic (exact) mass is 509 g/mol. The smallest absolute Gasteiger partial charge is 0.293 e. The highest BCUT2D eigenvalue weighted by Crippen LogP contribution is 2.37. The van der Waals surface area contributed by atoms with Gasteiger partial charge in [0, 0.05) is 0 Å². The van der Waals surface area contributed by atoms with Crippen molar-refractivity contribution >= 4 is 51.6 Å². The molecule has 0 saturated carbocycles. The first-order chi connectivity index (χ1) is 13.4. The number of amides is 2. The molecule has 0 atom stereocenters. The molecular formula is C21H20INO4S. The standard InChI is InChI=1S/C21H20INO4S/c1-4-27-19-16(22)9-15(10-17(19)26-3)11-18-20(24)23(21(25)28-18)12-14-7-5-6-13(2)8-14/h5-11H,4,12H2,1-3H3/b18-11+. The number of benzene rings is 2. The van der Waals surface area contributed by atoms with Crippen LogP contribution in [-0.4, -0.2) is 29.8 Å². The van der Waals surface area contributed by atoms with Crippen molar-refractivity contribution in [1.82, 2.24) is 4.90 Å². The highest BCUT2D eigenvalue weighted by atomic mass is 127. The van der Waals surface area contributed by atoms with Gasteiger partial charge in [-0.2, -0.15) is 0 Å². The van der Waals surface area contributed by atoms with Gasteiger partial charge >= 0.3 is 0 Å². The second-order valence-corrected chi connectivity index (χ2v) is 8.38. The first-order valence-corrected chi connectivity index (χ1v) is 10.6. The molecule has 1 saturated heterocycles. The van der Waals surface area contributed by atoms with Crippen molar-refractivity contribution < 1.29 is 19.1 Å². The number of nitrogens with zero attached hydrogens (tertiary/aromatic N) is 1. The predicted molar refractivity (Wildman–Crippen MR) is 120 cm³/mol. The average Bonchev–Trinajstić information content (AvgIpc) is 2.91. The number of imide groups is 1. The Bertz CT molecular complexity index is 957. The first-order valence-electron chi connectivity index (χ1n) is 8.74. The van der Waals surface area contributed by atoms with E-state index in [1.807, 2.05) is 50.2 Å². The van der Waals surface area contributed by atoms with Gasteiger partial charge in [-0.05, 0) is 77.5 Å². The third kappa shape index (κ3) is 4.52. The van der Waals surface area contributed by atoms with Gasteiger partial charge in [0.2, 0.25) is 0 Å². The number of ether oxygens (including phenoxy) is 2. The third-order valence-electron chi connectivity index (χ3n) is 4.13. The van der Waals surface area contributed by atoms with E-state index in [1.54, 1.807) is 13.2 Å². The second kappa shape index (κ2) is 9.00. The number of carbonyl (C=O) groups excluding carboxylic acids is 2. The Morgan fingerprint density at radius 2 is 2.00 bits per heavy atom. The average molecular weight is 509 g/mol. The lowest BCUT2D eigenvalue weighted by Crippen LogP contribution is -2.27. The number of hydrogen-bond donors (Lipinski definition) is 0. The maximum absolute atomic E-state index is 12.8. The number of aryl methyl sites for hydroxylation is 1. The summed E-state index contributed by atoms with van der Waals surface area (Å²) in [6.45, 7) is 4.70. The Balaban J connectivity index is 1.86. The molecule has 7 heteroatoms. The van der Waals surface area contributed by atoms with Crippen molar-refractivity contribution in [1.29, 1.82) is 0 Å². The minimum absolute atomic E-state index is 0.259. The van der Waals surface area contributed by atoms with Gasteiger partial charge in [0.15, 0.2) is 11.5 Å². The minimum atomic E-state index is -0.278. The Labute approximate surface area is 182 Å². The lowest BCUT2D eigenvalue weighted by atomic mass is 10.1. The molecule has 3 rings (SSSR count). The number of hydrogen-bond acceptors (Lipinski definition) is 5. The van der Waals surface area contributed by atoms with E-state index in [-0.39, 0.29) is 17.7 Å². The van der Waals surface area contributed by atoms with Crippen LogP contribution in [0.25, 0.3) is 6.08 Å². The van der Waals surface area contributed by atoms with E-state index in [0.29, 0.717) is 23.0 Å². The number of carbonyl (C=O) groups is 2. The van der Waals surface area contributed by atoms with Crippen molar-refractivity contribution in [3.05, 3.63) is 61.6 Å². The normalized spacial score (nSPS) is 15.4. The van der Waals surface area contributed by atoms with E-state index in [4.69, 9.17) is 9.47 Å². The number of halogens is 1. The molecule has 28 heavy (non-hydrogen) atoms. The fraction of sp³-hybridized carbons (Fsp3) is 0.238. The van der Waals surface area contributed by atoms with E-state index in [2.05, 4.69) is 22.6 Å². The maximum Gasteiger partial charge on any atom is 0.293 e. The van der Waals surface area contributed by atoms with Gasteiger partial charge in [-0.15, -0.1) is 0 Å². The zero-order valence-electron chi connectivity index (χ0n) is 15.8. The van der Waals surface area contributed by atoms with E-state index < -0.39 is 0 Å².